The number of carbonyl (C=O) groups is 1. The Balaban J connectivity index is 1.02. The molecule has 63 heavy (non-hydrogen) atoms. The Kier molecular flexibility index (Phi) is 18.4. The van der Waals surface area contributed by atoms with E-state index in [-0.39, 0.29) is 13.0 Å². The third kappa shape index (κ3) is 13.5. The van der Waals surface area contributed by atoms with Gasteiger partial charge in [-0.1, -0.05) is 115 Å². The normalized spacial score (nSPS) is 12.6. The molecule has 5 aromatic rings. The number of ether oxygens (including phenoxy) is 2. The van der Waals surface area contributed by atoms with Gasteiger partial charge in [0.05, 0.1) is 17.0 Å². The van der Waals surface area contributed by atoms with E-state index in [1.165, 1.54) is 89.6 Å². The van der Waals surface area contributed by atoms with E-state index < -0.39 is 42.8 Å². The second kappa shape index (κ2) is 23.2. The number of hydrogen-bond acceptors (Lipinski definition) is 5. The predicted molar refractivity (Wildman–Crippen MR) is 236 cm³/mol. The van der Waals surface area contributed by atoms with Gasteiger partial charge in [-0.3, -0.25) is 0 Å². The summed E-state index contributed by atoms with van der Waals surface area (Å²) in [7, 11) is 0. The van der Waals surface area contributed by atoms with Crippen molar-refractivity contribution in [2.45, 2.75) is 146 Å². The predicted octanol–water partition coefficient (Wildman–Crippen LogP) is 17.6. The zero-order valence-corrected chi connectivity index (χ0v) is 37.1. The first-order valence-corrected chi connectivity index (χ1v) is 23.6. The van der Waals surface area contributed by atoms with E-state index in [1.54, 1.807) is 47.7 Å². The van der Waals surface area contributed by atoms with Gasteiger partial charge in [0.2, 0.25) is 0 Å². The van der Waals surface area contributed by atoms with Crippen LogP contribution in [0.25, 0.3) is 31.0 Å². The summed E-state index contributed by atoms with van der Waals surface area (Å²) >= 11 is 3.65. The fourth-order valence-corrected chi connectivity index (χ4v) is 9.80. The first kappa shape index (κ1) is 50.0. The van der Waals surface area contributed by atoms with E-state index in [2.05, 4.69) is 37.3 Å². The van der Waals surface area contributed by atoms with Crippen molar-refractivity contribution >= 4 is 39.4 Å². The lowest BCUT2D eigenvalue weighted by Crippen LogP contribution is -2.60. The third-order valence-electron chi connectivity index (χ3n) is 11.1. The van der Waals surface area contributed by atoms with Crippen LogP contribution in [0.15, 0.2) is 84.9 Å². The number of fused-ring (bicyclic) bond motifs is 1. The van der Waals surface area contributed by atoms with Gasteiger partial charge in [0, 0.05) is 31.8 Å². The zero-order valence-electron chi connectivity index (χ0n) is 35.5. The van der Waals surface area contributed by atoms with Crippen molar-refractivity contribution in [2.24, 2.45) is 0 Å². The van der Waals surface area contributed by atoms with Crippen LogP contribution >= 0.6 is 22.7 Å². The molecule has 0 N–H and O–H groups in total. The highest BCUT2D eigenvalue weighted by molar-refractivity contribution is 7.25. The Labute approximate surface area is 372 Å². The minimum atomic E-state index is -6.85. The van der Waals surface area contributed by atoms with Crippen molar-refractivity contribution < 1.29 is 53.8 Å². The van der Waals surface area contributed by atoms with Crippen LogP contribution in [0, 0.1) is 0 Å². The van der Waals surface area contributed by atoms with Crippen molar-refractivity contribution in [3.05, 3.63) is 95.4 Å². The number of alkyl halides is 9. The molecule has 0 saturated carbocycles. The van der Waals surface area contributed by atoms with Crippen molar-refractivity contribution in [1.82, 2.24) is 0 Å². The summed E-state index contributed by atoms with van der Waals surface area (Å²) in [6.07, 6.45) is 6.96. The van der Waals surface area contributed by atoms with Crippen LogP contribution in [0.4, 0.5) is 39.5 Å². The van der Waals surface area contributed by atoms with Gasteiger partial charge in [0.1, 0.15) is 11.5 Å². The van der Waals surface area contributed by atoms with Crippen molar-refractivity contribution in [2.75, 3.05) is 6.61 Å². The van der Waals surface area contributed by atoms with Gasteiger partial charge in [-0.25, -0.2) is 4.79 Å². The minimum absolute atomic E-state index is 0.0469. The summed E-state index contributed by atoms with van der Waals surface area (Å²) < 4.78 is 128. The highest BCUT2D eigenvalue weighted by Gasteiger charge is 2.81. The largest absolute Gasteiger partial charge is 0.494 e. The number of benzene rings is 3. The summed E-state index contributed by atoms with van der Waals surface area (Å²) in [5.41, 5.74) is 1.34. The van der Waals surface area contributed by atoms with Crippen molar-refractivity contribution in [3.63, 3.8) is 0 Å². The summed E-state index contributed by atoms with van der Waals surface area (Å²) in [5.74, 6) is -18.6. The standard InChI is InChI=1S/C49H55F9O3S2/c1-2-3-4-5-6-7-8-9-12-15-20-39-31-32-42(62-39)44-41-22-17-16-21-40(41)43(63-44)35-23-29-38(30-24-35)61-45(59)36-25-27-37(28-26-36)60-34-19-14-11-10-13-18-33-46(50,51)47(52,53)48(54,55)49(56,57)58/h16-17,21-32H,2-15,18-20,33-34H2,1H3. The Morgan fingerprint density at radius 1 is 0.540 bits per heavy atom. The Morgan fingerprint density at radius 2 is 1.08 bits per heavy atom. The average Bonchev–Trinajstić information content (AvgIpc) is 3.89. The van der Waals surface area contributed by atoms with Crippen LogP contribution in [-0.2, 0) is 6.42 Å². The Hall–Kier alpha value is -4.04. The fourth-order valence-electron chi connectivity index (χ4n) is 7.35. The molecule has 14 heteroatoms. The molecule has 0 spiro atoms. The number of esters is 1. The molecule has 0 atom stereocenters. The molecule has 0 bridgehead atoms. The maximum Gasteiger partial charge on any atom is 0.460 e. The molecular formula is C49H55F9O3S2. The van der Waals surface area contributed by atoms with E-state index in [0.29, 0.717) is 42.7 Å². The van der Waals surface area contributed by atoms with Crippen LogP contribution in [0.5, 0.6) is 11.5 Å². The van der Waals surface area contributed by atoms with Crippen molar-refractivity contribution in [1.29, 1.82) is 0 Å². The van der Waals surface area contributed by atoms with Gasteiger partial charge < -0.3 is 9.47 Å². The molecule has 0 aliphatic heterocycles. The van der Waals surface area contributed by atoms with Crippen LogP contribution in [0.1, 0.15) is 131 Å². The zero-order chi connectivity index (χ0) is 45.5. The van der Waals surface area contributed by atoms with Gasteiger partial charge in [0.15, 0.2) is 0 Å². The molecule has 2 aromatic heterocycles. The number of carbonyl (C=O) groups excluding carboxylic acids is 1. The molecule has 0 aliphatic rings. The Morgan fingerprint density at radius 3 is 1.68 bits per heavy atom. The third-order valence-corrected chi connectivity index (χ3v) is 13.7. The second-order valence-corrected chi connectivity index (χ2v) is 18.2. The molecule has 0 radical (unpaired) electrons. The van der Waals surface area contributed by atoms with Crippen LogP contribution in [-0.4, -0.2) is 36.5 Å². The molecule has 344 valence electrons. The molecule has 0 saturated heterocycles. The second-order valence-electron chi connectivity index (χ2n) is 16.0. The number of aryl methyl sites for hydroxylation is 1. The van der Waals surface area contributed by atoms with Gasteiger partial charge in [-0.2, -0.15) is 39.5 Å². The van der Waals surface area contributed by atoms with Gasteiger partial charge >= 0.3 is 29.9 Å². The quantitative estimate of drug-likeness (QED) is 0.0228. The topological polar surface area (TPSA) is 35.5 Å². The van der Waals surface area contributed by atoms with E-state index in [0.717, 1.165) is 16.9 Å². The molecule has 3 aromatic carbocycles. The highest BCUT2D eigenvalue weighted by atomic mass is 32.1. The molecule has 0 aliphatic carbocycles. The van der Waals surface area contributed by atoms with Crippen molar-refractivity contribution in [3.8, 4) is 31.7 Å². The average molecular weight is 927 g/mol. The monoisotopic (exact) mass is 926 g/mol. The lowest BCUT2D eigenvalue weighted by atomic mass is 9.98. The van der Waals surface area contributed by atoms with E-state index in [1.807, 2.05) is 29.5 Å². The summed E-state index contributed by atoms with van der Waals surface area (Å²) in [6.45, 7) is 2.53. The maximum atomic E-state index is 13.7. The van der Waals surface area contributed by atoms with Gasteiger partial charge in [-0.15, -0.1) is 22.7 Å². The number of hydrogen-bond donors (Lipinski definition) is 0. The molecular weight excluding hydrogens is 872 g/mol. The highest BCUT2D eigenvalue weighted by Crippen LogP contribution is 2.54. The molecule has 3 nitrogen and oxygen atoms in total. The number of thiophene rings is 2. The van der Waals surface area contributed by atoms with Gasteiger partial charge in [-0.05, 0) is 91.9 Å². The van der Waals surface area contributed by atoms with E-state index in [4.69, 9.17) is 9.47 Å². The van der Waals surface area contributed by atoms with E-state index >= 15 is 0 Å². The van der Waals surface area contributed by atoms with Crippen LogP contribution < -0.4 is 9.47 Å². The number of halogens is 9. The minimum Gasteiger partial charge on any atom is -0.494 e. The van der Waals surface area contributed by atoms with Gasteiger partial charge in [0.25, 0.3) is 0 Å². The SMILES string of the molecule is CCCCCCCCCCCCc1ccc(-c2sc(-c3ccc(OC(=O)c4ccc(OCCCCCCCCC(F)(F)C(F)(F)C(F)(F)C(F)(F)F)cc4)cc3)c3ccccc23)s1. The fraction of sp³-hybridized carbons (Fsp3) is 0.490. The Bertz CT molecular complexity index is 2140. The molecule has 0 unspecified atom stereocenters. The number of unbranched alkanes of at least 4 members (excludes halogenated alkanes) is 14. The van der Waals surface area contributed by atoms with Crippen LogP contribution in [0.2, 0.25) is 0 Å². The molecule has 0 fully saturated rings. The number of rotatable bonds is 27. The summed E-state index contributed by atoms with van der Waals surface area (Å²) in [6, 6.07) is 26.8. The summed E-state index contributed by atoms with van der Waals surface area (Å²) in [4.78, 5) is 18.1. The van der Waals surface area contributed by atoms with E-state index in [9.17, 15) is 44.3 Å². The first-order valence-electron chi connectivity index (χ1n) is 21.9. The maximum absolute atomic E-state index is 13.7. The molecule has 0 amide bonds. The molecule has 5 rings (SSSR count). The van der Waals surface area contributed by atoms with Crippen LogP contribution in [0.3, 0.4) is 0 Å². The molecule has 2 heterocycles. The lowest BCUT2D eigenvalue weighted by Gasteiger charge is -2.33. The smallest absolute Gasteiger partial charge is 0.460 e. The summed E-state index contributed by atoms with van der Waals surface area (Å²) in [5, 5.41) is 2.39. The lowest BCUT2D eigenvalue weighted by molar-refractivity contribution is -0.396. The first-order chi connectivity index (χ1) is 30.1.